The van der Waals surface area contributed by atoms with Gasteiger partial charge in [-0.25, -0.2) is 4.79 Å². The van der Waals surface area contributed by atoms with Gasteiger partial charge in [-0.3, -0.25) is 9.36 Å². The number of hydrogen-bond acceptors (Lipinski definition) is 8. The fourth-order valence-electron chi connectivity index (χ4n) is 2.53. The van der Waals surface area contributed by atoms with Gasteiger partial charge in [0.05, 0.1) is 26.7 Å². The lowest BCUT2D eigenvalue weighted by atomic mass is 10.1. The Labute approximate surface area is 175 Å². The molecule has 0 amide bonds. The van der Waals surface area contributed by atoms with Crippen LogP contribution in [0.5, 0.6) is 6.01 Å². The van der Waals surface area contributed by atoms with E-state index in [-0.39, 0.29) is 43.1 Å². The molecule has 3 N–H and O–H groups in total. The number of H-pyrrole nitrogens is 1. The van der Waals surface area contributed by atoms with Gasteiger partial charge < -0.3 is 24.9 Å². The number of carbonyl (C=O) groups excluding carboxylic acids is 1. The van der Waals surface area contributed by atoms with Gasteiger partial charge in [0.25, 0.3) is 0 Å². The van der Waals surface area contributed by atoms with Gasteiger partial charge >= 0.3 is 17.7 Å². The summed E-state index contributed by atoms with van der Waals surface area (Å²) >= 11 is 0. The number of aromatic nitrogens is 4. The maximum atomic E-state index is 12.4. The SMILES string of the molecule is C/C=C(\C=C(/C)CC(=O)OC)Cn1c(=O)[nH]c2c(N)nc(OCCOC)nc21.C=C. The van der Waals surface area contributed by atoms with Crippen molar-refractivity contribution in [3.63, 3.8) is 0 Å². The van der Waals surface area contributed by atoms with Crippen LogP contribution in [0.3, 0.4) is 0 Å². The van der Waals surface area contributed by atoms with E-state index in [1.165, 1.54) is 11.7 Å². The monoisotopic (exact) mass is 419 g/mol. The van der Waals surface area contributed by atoms with Gasteiger partial charge in [0.1, 0.15) is 12.1 Å². The Hall–Kier alpha value is -3.40. The van der Waals surface area contributed by atoms with Gasteiger partial charge in [-0.1, -0.05) is 17.7 Å². The van der Waals surface area contributed by atoms with E-state index >= 15 is 0 Å². The Morgan fingerprint density at radius 3 is 2.57 bits per heavy atom. The number of anilines is 1. The zero-order chi connectivity index (χ0) is 22.7. The molecule has 0 radical (unpaired) electrons. The lowest BCUT2D eigenvalue weighted by Gasteiger charge is -2.08. The summed E-state index contributed by atoms with van der Waals surface area (Å²) in [7, 11) is 2.90. The lowest BCUT2D eigenvalue weighted by molar-refractivity contribution is -0.139. The fraction of sp³-hybridized carbons (Fsp3) is 0.400. The number of rotatable bonds is 9. The van der Waals surface area contributed by atoms with Gasteiger partial charge in [0, 0.05) is 7.11 Å². The summed E-state index contributed by atoms with van der Waals surface area (Å²) in [5, 5.41) is 0. The fourth-order valence-corrected chi connectivity index (χ4v) is 2.53. The number of carbonyl (C=O) groups is 1. The summed E-state index contributed by atoms with van der Waals surface area (Å²) in [5.41, 5.74) is 7.87. The third-order valence-electron chi connectivity index (χ3n) is 3.94. The Balaban J connectivity index is 0.00000218. The number of fused-ring (bicyclic) bond motifs is 1. The van der Waals surface area contributed by atoms with Crippen LogP contribution in [0, 0.1) is 0 Å². The van der Waals surface area contributed by atoms with E-state index in [4.69, 9.17) is 15.2 Å². The maximum Gasteiger partial charge on any atom is 0.328 e. The molecule has 30 heavy (non-hydrogen) atoms. The molecule has 0 saturated carbocycles. The quantitative estimate of drug-likeness (QED) is 0.273. The highest BCUT2D eigenvalue weighted by Crippen LogP contribution is 2.19. The molecule has 2 heterocycles. The van der Waals surface area contributed by atoms with E-state index in [2.05, 4.69) is 32.8 Å². The minimum absolute atomic E-state index is 0.0641. The van der Waals surface area contributed by atoms with Crippen molar-refractivity contribution >= 4 is 23.0 Å². The molecule has 0 aliphatic heterocycles. The van der Waals surface area contributed by atoms with Gasteiger partial charge in [-0.05, 0) is 19.4 Å². The third kappa shape index (κ3) is 6.59. The Morgan fingerprint density at radius 1 is 1.27 bits per heavy atom. The molecular weight excluding hydrogens is 390 g/mol. The minimum atomic E-state index is -0.372. The molecule has 10 nitrogen and oxygen atoms in total. The summed E-state index contributed by atoms with van der Waals surface area (Å²) in [5.74, 6) is -0.209. The average Bonchev–Trinajstić information content (AvgIpc) is 3.05. The zero-order valence-corrected chi connectivity index (χ0v) is 17.9. The molecule has 0 aromatic carbocycles. The Bertz CT molecular complexity index is 974. The number of esters is 1. The highest BCUT2D eigenvalue weighted by molar-refractivity contribution is 5.82. The van der Waals surface area contributed by atoms with Crippen molar-refractivity contribution in [1.82, 2.24) is 19.5 Å². The van der Waals surface area contributed by atoms with Crippen molar-refractivity contribution in [3.05, 3.63) is 46.9 Å². The highest BCUT2D eigenvalue weighted by Gasteiger charge is 2.15. The van der Waals surface area contributed by atoms with E-state index in [1.807, 2.05) is 26.0 Å². The first-order valence-electron chi connectivity index (χ1n) is 9.16. The number of nitrogens with two attached hydrogens (primary N) is 1. The number of hydrogen-bond donors (Lipinski definition) is 2. The van der Waals surface area contributed by atoms with Gasteiger partial charge in [-0.2, -0.15) is 9.97 Å². The van der Waals surface area contributed by atoms with Crippen LogP contribution in [0.15, 0.2) is 41.3 Å². The molecule has 0 aliphatic carbocycles. The second kappa shape index (κ2) is 12.2. The van der Waals surface area contributed by atoms with Crippen LogP contribution >= 0.6 is 0 Å². The molecule has 0 atom stereocenters. The number of nitrogens with one attached hydrogen (secondary N) is 1. The second-order valence-electron chi connectivity index (χ2n) is 6.05. The number of imidazole rings is 1. The van der Waals surface area contributed by atoms with Crippen molar-refractivity contribution < 1.29 is 19.0 Å². The summed E-state index contributed by atoms with van der Waals surface area (Å²) in [6.45, 7) is 10.5. The molecular formula is C20H29N5O5. The van der Waals surface area contributed by atoms with Crippen LogP contribution in [-0.2, 0) is 20.8 Å². The molecule has 0 aliphatic rings. The largest absolute Gasteiger partial charge is 0.469 e. The topological polar surface area (TPSA) is 134 Å². The summed E-state index contributed by atoms with van der Waals surface area (Å²) in [6.07, 6.45) is 3.86. The number of allylic oxidation sites excluding steroid dienone is 3. The summed E-state index contributed by atoms with van der Waals surface area (Å²) in [4.78, 5) is 34.9. The van der Waals surface area contributed by atoms with E-state index in [0.717, 1.165) is 11.1 Å². The number of aromatic amines is 1. The smallest absolute Gasteiger partial charge is 0.328 e. The maximum absolute atomic E-state index is 12.4. The molecule has 2 aromatic heterocycles. The first kappa shape index (κ1) is 24.6. The summed E-state index contributed by atoms with van der Waals surface area (Å²) < 4.78 is 16.5. The number of nitrogens with zero attached hydrogens (tertiary/aromatic N) is 3. The molecule has 164 valence electrons. The van der Waals surface area contributed by atoms with Gasteiger partial charge in [0.15, 0.2) is 11.5 Å². The van der Waals surface area contributed by atoms with E-state index < -0.39 is 0 Å². The molecule has 10 heteroatoms. The van der Waals surface area contributed by atoms with Gasteiger partial charge in [-0.15, -0.1) is 13.2 Å². The lowest BCUT2D eigenvalue weighted by Crippen LogP contribution is -2.18. The summed E-state index contributed by atoms with van der Waals surface area (Å²) in [6, 6.07) is 0.0641. The second-order valence-corrected chi connectivity index (χ2v) is 6.05. The van der Waals surface area contributed by atoms with Crippen molar-refractivity contribution in [2.24, 2.45) is 0 Å². The van der Waals surface area contributed by atoms with Crippen LogP contribution < -0.4 is 16.2 Å². The zero-order valence-electron chi connectivity index (χ0n) is 17.9. The number of nitrogen functional groups attached to an aromatic ring is 1. The molecule has 2 rings (SSSR count). The normalized spacial score (nSPS) is 11.7. The molecule has 2 aromatic rings. The van der Waals surface area contributed by atoms with Crippen molar-refractivity contribution in [3.8, 4) is 6.01 Å². The minimum Gasteiger partial charge on any atom is -0.469 e. The van der Waals surface area contributed by atoms with Crippen LogP contribution in [0.1, 0.15) is 20.3 Å². The van der Waals surface area contributed by atoms with Crippen LogP contribution in [0.4, 0.5) is 5.82 Å². The molecule has 0 bridgehead atoms. The average molecular weight is 419 g/mol. The van der Waals surface area contributed by atoms with E-state index in [0.29, 0.717) is 17.8 Å². The van der Waals surface area contributed by atoms with Crippen molar-refractivity contribution in [2.75, 3.05) is 33.2 Å². The van der Waals surface area contributed by atoms with Crippen LogP contribution in [0.2, 0.25) is 0 Å². The van der Waals surface area contributed by atoms with Crippen LogP contribution in [0.25, 0.3) is 11.2 Å². The molecule has 0 fully saturated rings. The molecule has 0 unspecified atom stereocenters. The Morgan fingerprint density at radius 2 is 1.97 bits per heavy atom. The highest BCUT2D eigenvalue weighted by atomic mass is 16.5. The number of ether oxygens (including phenoxy) is 3. The predicted molar refractivity (Wildman–Crippen MR) is 115 cm³/mol. The predicted octanol–water partition coefficient (Wildman–Crippen LogP) is 1.98. The first-order chi connectivity index (χ1) is 14.4. The first-order valence-corrected chi connectivity index (χ1v) is 9.16. The molecule has 0 spiro atoms. The standard InChI is InChI=1S/C18H25N5O5.C2H4/c1-5-12(8-11(2)9-13(24)27-4)10-23-16-14(20-18(23)25)15(19)21-17(22-16)28-7-6-26-3;1-2/h5,8H,6-7,9-10H2,1-4H3,(H,20,25)(H2,19,21,22);1-2H2/b11-8+,12-5+;. The van der Waals surface area contributed by atoms with E-state index in [1.54, 1.807) is 7.11 Å². The third-order valence-corrected chi connectivity index (χ3v) is 3.94. The number of methoxy groups -OCH3 is 2. The van der Waals surface area contributed by atoms with Gasteiger partial charge in [0.2, 0.25) is 0 Å². The van der Waals surface area contributed by atoms with Crippen molar-refractivity contribution in [1.29, 1.82) is 0 Å². The van der Waals surface area contributed by atoms with E-state index in [9.17, 15) is 9.59 Å². The van der Waals surface area contributed by atoms with Crippen LogP contribution in [-0.4, -0.2) is 52.9 Å². The Kier molecular flexibility index (Phi) is 10.0. The van der Waals surface area contributed by atoms with Crippen molar-refractivity contribution in [2.45, 2.75) is 26.8 Å². The molecule has 0 saturated heterocycles.